The lowest BCUT2D eigenvalue weighted by atomic mass is 9.73. The minimum Gasteiger partial charge on any atom is -0.443 e. The Kier molecular flexibility index (Phi) is 5.90. The molecule has 4 rings (SSSR count). The molecule has 0 unspecified atom stereocenters. The van der Waals surface area contributed by atoms with Gasteiger partial charge in [0.05, 0.1) is 23.4 Å². The van der Waals surface area contributed by atoms with Crippen molar-refractivity contribution in [2.75, 3.05) is 17.7 Å². The van der Waals surface area contributed by atoms with E-state index < -0.39 is 39.1 Å². The van der Waals surface area contributed by atoms with E-state index in [0.29, 0.717) is 16.8 Å². The van der Waals surface area contributed by atoms with E-state index >= 15 is 0 Å². The van der Waals surface area contributed by atoms with Crippen LogP contribution in [0.3, 0.4) is 0 Å². The highest BCUT2D eigenvalue weighted by atomic mass is 32.2. The van der Waals surface area contributed by atoms with Gasteiger partial charge in [-0.05, 0) is 38.8 Å². The Morgan fingerprint density at radius 1 is 1.06 bits per heavy atom. The SMILES string of the molecule is CC(C)(C)OC(=O)N1C(=O)[C@]2(CCN(S(C)(=O)=O)[C@@H]2CC(=O)c2ccccc2)c2ccccc21. The van der Waals surface area contributed by atoms with Crippen LogP contribution >= 0.6 is 0 Å². The molecule has 1 spiro atoms. The van der Waals surface area contributed by atoms with Gasteiger partial charge in [-0.3, -0.25) is 9.59 Å². The average Bonchev–Trinajstić information content (AvgIpc) is 3.25. The number of carbonyl (C=O) groups is 3. The lowest BCUT2D eigenvalue weighted by Gasteiger charge is -2.33. The molecule has 9 heteroatoms. The summed E-state index contributed by atoms with van der Waals surface area (Å²) >= 11 is 0. The van der Waals surface area contributed by atoms with Crippen LogP contribution in [0, 0.1) is 0 Å². The van der Waals surface area contributed by atoms with Crippen molar-refractivity contribution in [2.24, 2.45) is 0 Å². The standard InChI is InChI=1S/C25H28N2O6S/c1-24(2,3)33-23(30)27-19-13-9-8-12-18(19)25(22(27)29)14-15-26(34(4,31)32)21(25)16-20(28)17-10-6-5-7-11-17/h5-13,21H,14-16H2,1-4H3/t21-,25-/m1/s1. The number of fused-ring (bicyclic) bond motifs is 2. The van der Waals surface area contributed by atoms with Crippen molar-refractivity contribution >= 4 is 33.5 Å². The first-order chi connectivity index (χ1) is 15.9. The number of benzene rings is 2. The van der Waals surface area contributed by atoms with Gasteiger partial charge in [-0.25, -0.2) is 18.1 Å². The number of imide groups is 1. The summed E-state index contributed by atoms with van der Waals surface area (Å²) < 4.78 is 32.2. The summed E-state index contributed by atoms with van der Waals surface area (Å²) in [5, 5.41) is 0. The minimum atomic E-state index is -3.74. The zero-order valence-corrected chi connectivity index (χ0v) is 20.5. The second-order valence-corrected chi connectivity index (χ2v) is 11.7. The fraction of sp³-hybridized carbons (Fsp3) is 0.400. The molecule has 0 bridgehead atoms. The number of amides is 2. The van der Waals surface area contributed by atoms with Crippen molar-refractivity contribution in [1.29, 1.82) is 0 Å². The van der Waals surface area contributed by atoms with Crippen molar-refractivity contribution in [3.63, 3.8) is 0 Å². The van der Waals surface area contributed by atoms with Crippen LogP contribution in [0.1, 0.15) is 49.5 Å². The first-order valence-corrected chi connectivity index (χ1v) is 12.9. The van der Waals surface area contributed by atoms with Gasteiger partial charge in [-0.2, -0.15) is 4.31 Å². The number of para-hydroxylation sites is 1. The molecule has 2 aliphatic heterocycles. The second kappa shape index (κ2) is 8.32. The molecule has 0 aliphatic carbocycles. The van der Waals surface area contributed by atoms with Crippen molar-refractivity contribution in [1.82, 2.24) is 4.31 Å². The zero-order valence-electron chi connectivity index (χ0n) is 19.6. The van der Waals surface area contributed by atoms with E-state index in [2.05, 4.69) is 0 Å². The van der Waals surface area contributed by atoms with Crippen LogP contribution in [0.5, 0.6) is 0 Å². The molecule has 2 aliphatic rings. The third-order valence-electron chi connectivity index (χ3n) is 6.33. The van der Waals surface area contributed by atoms with Crippen molar-refractivity contribution in [3.8, 4) is 0 Å². The Hall–Kier alpha value is -3.04. The first-order valence-electron chi connectivity index (χ1n) is 11.1. The summed E-state index contributed by atoms with van der Waals surface area (Å²) in [6.07, 6.45) is 0.206. The largest absolute Gasteiger partial charge is 0.443 e. The van der Waals surface area contributed by atoms with E-state index in [1.54, 1.807) is 75.4 Å². The number of carbonyl (C=O) groups excluding carboxylic acids is 3. The predicted octanol–water partition coefficient (Wildman–Crippen LogP) is 3.51. The molecule has 2 aromatic rings. The predicted molar refractivity (Wildman–Crippen MR) is 127 cm³/mol. The average molecular weight is 485 g/mol. The lowest BCUT2D eigenvalue weighted by molar-refractivity contribution is -0.123. The summed E-state index contributed by atoms with van der Waals surface area (Å²) in [4.78, 5) is 41.3. The molecule has 0 radical (unpaired) electrons. The summed E-state index contributed by atoms with van der Waals surface area (Å²) in [5.41, 5.74) is -0.891. The molecular formula is C25H28N2O6S. The molecule has 0 aromatic heterocycles. The Morgan fingerprint density at radius 3 is 2.29 bits per heavy atom. The van der Waals surface area contributed by atoms with E-state index in [4.69, 9.17) is 4.74 Å². The van der Waals surface area contributed by atoms with Gasteiger partial charge in [-0.15, -0.1) is 0 Å². The van der Waals surface area contributed by atoms with Crippen LogP contribution in [0.15, 0.2) is 54.6 Å². The third-order valence-corrected chi connectivity index (χ3v) is 7.62. The summed E-state index contributed by atoms with van der Waals surface area (Å²) in [6.45, 7) is 5.17. The van der Waals surface area contributed by atoms with Crippen LogP contribution in [0.2, 0.25) is 0 Å². The van der Waals surface area contributed by atoms with E-state index in [9.17, 15) is 22.8 Å². The van der Waals surface area contributed by atoms with Crippen LogP contribution in [-0.2, 0) is 25.0 Å². The molecule has 8 nitrogen and oxygen atoms in total. The number of Topliss-reactive ketones (excluding diaryl/α,β-unsaturated/α-hetero) is 1. The minimum absolute atomic E-state index is 0.0633. The van der Waals surface area contributed by atoms with Crippen molar-refractivity contribution in [2.45, 2.75) is 50.7 Å². The molecule has 1 saturated heterocycles. The number of anilines is 1. The number of sulfonamides is 1. The highest BCUT2D eigenvalue weighted by Crippen LogP contribution is 2.52. The van der Waals surface area contributed by atoms with Crippen LogP contribution < -0.4 is 4.90 Å². The van der Waals surface area contributed by atoms with Crippen molar-refractivity contribution < 1.29 is 27.5 Å². The molecule has 0 N–H and O–H groups in total. The number of ether oxygens (including phenoxy) is 1. The topological polar surface area (TPSA) is 101 Å². The van der Waals surface area contributed by atoms with Gasteiger partial charge in [0, 0.05) is 18.5 Å². The molecule has 180 valence electrons. The quantitative estimate of drug-likeness (QED) is 0.616. The van der Waals surface area contributed by atoms with Gasteiger partial charge in [0.25, 0.3) is 0 Å². The highest BCUT2D eigenvalue weighted by molar-refractivity contribution is 7.88. The number of hydrogen-bond acceptors (Lipinski definition) is 6. The molecular weight excluding hydrogens is 456 g/mol. The summed E-state index contributed by atoms with van der Waals surface area (Å²) in [6, 6.07) is 14.4. The fourth-order valence-corrected chi connectivity index (χ4v) is 6.11. The number of ketones is 1. The Balaban J connectivity index is 1.83. The molecule has 2 aromatic carbocycles. The number of rotatable bonds is 4. The number of nitrogens with zero attached hydrogens (tertiary/aromatic N) is 2. The van der Waals surface area contributed by atoms with Gasteiger partial charge in [0.2, 0.25) is 15.9 Å². The van der Waals surface area contributed by atoms with Gasteiger partial charge in [-0.1, -0.05) is 48.5 Å². The molecule has 2 heterocycles. The lowest BCUT2D eigenvalue weighted by Crippen LogP contribution is -2.53. The zero-order chi connectivity index (χ0) is 24.9. The monoisotopic (exact) mass is 484 g/mol. The Labute approximate surface area is 199 Å². The molecule has 1 fully saturated rings. The smallest absolute Gasteiger partial charge is 0.421 e. The van der Waals surface area contributed by atoms with Gasteiger partial charge < -0.3 is 4.74 Å². The molecule has 34 heavy (non-hydrogen) atoms. The maximum absolute atomic E-state index is 14.0. The van der Waals surface area contributed by atoms with E-state index in [1.165, 1.54) is 4.31 Å². The van der Waals surface area contributed by atoms with E-state index in [0.717, 1.165) is 11.2 Å². The van der Waals surface area contributed by atoms with E-state index in [-0.39, 0.29) is 25.2 Å². The fourth-order valence-electron chi connectivity index (χ4n) is 4.97. The van der Waals surface area contributed by atoms with Gasteiger partial charge in [0.1, 0.15) is 5.60 Å². The maximum atomic E-state index is 14.0. The normalized spacial score (nSPS) is 22.8. The van der Waals surface area contributed by atoms with Crippen LogP contribution in [0.25, 0.3) is 0 Å². The van der Waals surface area contributed by atoms with Gasteiger partial charge >= 0.3 is 6.09 Å². The van der Waals surface area contributed by atoms with Gasteiger partial charge in [0.15, 0.2) is 5.78 Å². The summed E-state index contributed by atoms with van der Waals surface area (Å²) in [5.74, 6) is -0.846. The van der Waals surface area contributed by atoms with Crippen molar-refractivity contribution in [3.05, 3.63) is 65.7 Å². The number of hydrogen-bond donors (Lipinski definition) is 0. The highest BCUT2D eigenvalue weighted by Gasteiger charge is 2.63. The first kappa shape index (κ1) is 24.1. The third kappa shape index (κ3) is 4.03. The van der Waals surface area contributed by atoms with Crippen LogP contribution in [0.4, 0.5) is 10.5 Å². The Bertz CT molecular complexity index is 1250. The molecule has 2 atom stereocenters. The second-order valence-electron chi connectivity index (χ2n) is 9.74. The molecule has 2 amide bonds. The Morgan fingerprint density at radius 2 is 1.68 bits per heavy atom. The maximum Gasteiger partial charge on any atom is 0.421 e. The van der Waals surface area contributed by atoms with E-state index in [1.807, 2.05) is 0 Å². The summed E-state index contributed by atoms with van der Waals surface area (Å²) in [7, 11) is -3.74. The van der Waals surface area contributed by atoms with Crippen LogP contribution in [-0.4, -0.2) is 55.0 Å². The molecule has 0 saturated carbocycles.